The Morgan fingerprint density at radius 2 is 1.44 bits per heavy atom. The number of hydrogen-bond donors (Lipinski definition) is 0. The molecule has 0 saturated carbocycles. The molecule has 0 aromatic heterocycles. The number of allylic oxidation sites excluding steroid dienone is 7. The lowest BCUT2D eigenvalue weighted by atomic mass is 10.4. The van der Waals surface area contributed by atoms with E-state index in [9.17, 15) is 0 Å². The van der Waals surface area contributed by atoms with E-state index < -0.39 is 0 Å². The molecule has 0 N–H and O–H groups in total. The second-order valence-corrected chi connectivity index (χ2v) is 1.39. The molecule has 0 bridgehead atoms. The molecule has 0 aromatic carbocycles. The first-order valence-corrected chi connectivity index (χ1v) is 2.74. The monoisotopic (exact) mass is 118 g/mol. The van der Waals surface area contributed by atoms with Gasteiger partial charge in [0.05, 0.1) is 0 Å². The summed E-state index contributed by atoms with van der Waals surface area (Å²) in [7, 11) is 0. The van der Waals surface area contributed by atoms with E-state index in [1.807, 2.05) is 24.3 Å². The Morgan fingerprint density at radius 1 is 0.889 bits per heavy atom. The molecule has 0 nitrogen and oxygen atoms in total. The molecule has 2 radical (unpaired) electrons. The largest absolute Gasteiger partial charge is 0.0842 e. The van der Waals surface area contributed by atoms with Gasteiger partial charge in [0, 0.05) is 0 Å². The predicted molar refractivity (Wildman–Crippen MR) is 41.6 cm³/mol. The topological polar surface area (TPSA) is 0 Å². The van der Waals surface area contributed by atoms with Crippen molar-refractivity contribution in [2.75, 3.05) is 0 Å². The van der Waals surface area contributed by atoms with Crippen molar-refractivity contribution in [1.82, 2.24) is 0 Å². The Hall–Kier alpha value is -1.04. The molecule has 0 aliphatic rings. The average molecular weight is 118 g/mol. The van der Waals surface area contributed by atoms with Gasteiger partial charge in [-0.25, -0.2) is 0 Å². The Kier molecular flexibility index (Phi) is 6.16. The van der Waals surface area contributed by atoms with Gasteiger partial charge in [0.25, 0.3) is 0 Å². The number of hydrogen-bond acceptors (Lipinski definition) is 0. The molecule has 0 amide bonds. The average Bonchev–Trinajstić information content (AvgIpc) is 1.89. The molecule has 9 heavy (non-hydrogen) atoms. The van der Waals surface area contributed by atoms with Gasteiger partial charge in [0.1, 0.15) is 0 Å². The maximum Gasteiger partial charge on any atom is -0.0313 e. The molecule has 0 rings (SSSR count). The smallest absolute Gasteiger partial charge is 0.0313 e. The zero-order chi connectivity index (χ0) is 6.95. The van der Waals surface area contributed by atoms with Crippen LogP contribution in [0.3, 0.4) is 0 Å². The van der Waals surface area contributed by atoms with Gasteiger partial charge in [-0.05, 0) is 6.92 Å². The molecule has 0 fully saturated rings. The van der Waals surface area contributed by atoms with Crippen LogP contribution in [0.5, 0.6) is 0 Å². The van der Waals surface area contributed by atoms with Crippen molar-refractivity contribution in [2.45, 2.75) is 0 Å². The van der Waals surface area contributed by atoms with Gasteiger partial charge in [-0.2, -0.15) is 0 Å². The van der Waals surface area contributed by atoms with Crippen molar-refractivity contribution in [1.29, 1.82) is 0 Å². The summed E-state index contributed by atoms with van der Waals surface area (Å²) in [5.74, 6) is 0. The second kappa shape index (κ2) is 6.96. The molecule has 0 heterocycles. The van der Waals surface area contributed by atoms with E-state index in [0.717, 1.165) is 0 Å². The van der Waals surface area contributed by atoms with Gasteiger partial charge in [-0.1, -0.05) is 49.1 Å². The van der Waals surface area contributed by atoms with Gasteiger partial charge in [-0.3, -0.25) is 0 Å². The molecule has 0 aromatic rings. The highest BCUT2D eigenvalue weighted by Gasteiger charge is 1.57. The van der Waals surface area contributed by atoms with E-state index >= 15 is 0 Å². The highest BCUT2D eigenvalue weighted by molar-refractivity contribution is 5.14. The van der Waals surface area contributed by atoms with Crippen LogP contribution < -0.4 is 0 Å². The van der Waals surface area contributed by atoms with Crippen molar-refractivity contribution in [3.63, 3.8) is 0 Å². The summed E-state index contributed by atoms with van der Waals surface area (Å²) in [5, 5.41) is 0. The van der Waals surface area contributed by atoms with Gasteiger partial charge in [0.15, 0.2) is 0 Å². The standard InChI is InChI=1S/C9H10/c1-3-5-7-9-8-6-4-2/h1,3-9H,2H2. The van der Waals surface area contributed by atoms with Crippen LogP contribution in [0.15, 0.2) is 42.5 Å². The third kappa shape index (κ3) is 6.96. The zero-order valence-corrected chi connectivity index (χ0v) is 5.33. The van der Waals surface area contributed by atoms with E-state index in [1.54, 1.807) is 12.2 Å². The fourth-order valence-corrected chi connectivity index (χ4v) is 0.335. The second-order valence-electron chi connectivity index (χ2n) is 1.39. The molecular formula is C9H10. The Bertz CT molecular complexity index is 136. The number of rotatable bonds is 3. The molecular weight excluding hydrogens is 108 g/mol. The van der Waals surface area contributed by atoms with Crippen LogP contribution in [0.1, 0.15) is 0 Å². The van der Waals surface area contributed by atoms with Gasteiger partial charge < -0.3 is 0 Å². The van der Waals surface area contributed by atoms with Crippen LogP contribution in [-0.2, 0) is 0 Å². The third-order valence-corrected chi connectivity index (χ3v) is 0.692. The van der Waals surface area contributed by atoms with E-state index in [1.165, 1.54) is 6.08 Å². The molecule has 0 spiro atoms. The lowest BCUT2D eigenvalue weighted by Crippen LogP contribution is -1.47. The van der Waals surface area contributed by atoms with Gasteiger partial charge >= 0.3 is 0 Å². The Labute approximate surface area is 56.9 Å². The van der Waals surface area contributed by atoms with E-state index in [0.29, 0.717) is 0 Å². The van der Waals surface area contributed by atoms with Crippen molar-refractivity contribution in [3.8, 4) is 0 Å². The van der Waals surface area contributed by atoms with Crippen LogP contribution >= 0.6 is 0 Å². The predicted octanol–water partition coefficient (Wildman–Crippen LogP) is 2.48. The van der Waals surface area contributed by atoms with E-state index in [4.69, 9.17) is 6.58 Å². The maximum atomic E-state index is 5.07. The normalized spacial score (nSPS) is 12.1. The summed E-state index contributed by atoms with van der Waals surface area (Å²) >= 11 is 0. The van der Waals surface area contributed by atoms with Crippen LogP contribution in [0.25, 0.3) is 0 Å². The third-order valence-electron chi connectivity index (χ3n) is 0.692. The van der Waals surface area contributed by atoms with E-state index in [-0.39, 0.29) is 0 Å². The van der Waals surface area contributed by atoms with Gasteiger partial charge in [0.2, 0.25) is 0 Å². The summed E-state index contributed by atoms with van der Waals surface area (Å²) in [6.45, 7) is 8.58. The van der Waals surface area contributed by atoms with E-state index in [2.05, 4.69) is 6.92 Å². The quantitative estimate of drug-likeness (QED) is 0.499. The molecule has 0 saturated heterocycles. The lowest BCUT2D eigenvalue weighted by molar-refractivity contribution is 1.87. The van der Waals surface area contributed by atoms with Gasteiger partial charge in [-0.15, -0.1) is 0 Å². The first-order valence-electron chi connectivity index (χ1n) is 2.74. The van der Waals surface area contributed by atoms with Crippen molar-refractivity contribution >= 4 is 0 Å². The maximum absolute atomic E-state index is 5.07. The summed E-state index contributed by atoms with van der Waals surface area (Å²) in [6.07, 6.45) is 12.4. The lowest BCUT2D eigenvalue weighted by Gasteiger charge is -1.69. The summed E-state index contributed by atoms with van der Waals surface area (Å²) in [5.41, 5.74) is 0. The van der Waals surface area contributed by atoms with Crippen LogP contribution in [0.4, 0.5) is 0 Å². The molecule has 0 heteroatoms. The van der Waals surface area contributed by atoms with Crippen LogP contribution in [-0.4, -0.2) is 0 Å². The molecule has 46 valence electrons. The summed E-state index contributed by atoms with van der Waals surface area (Å²) in [4.78, 5) is 0. The zero-order valence-electron chi connectivity index (χ0n) is 5.33. The van der Waals surface area contributed by atoms with Crippen molar-refractivity contribution in [3.05, 3.63) is 56.0 Å². The summed E-state index contributed by atoms with van der Waals surface area (Å²) in [6, 6.07) is 0. The minimum Gasteiger partial charge on any atom is -0.0842 e. The van der Waals surface area contributed by atoms with Crippen LogP contribution in [0, 0.1) is 13.5 Å². The SMILES string of the molecule is [CH]=CC=CC=CC=C[CH2]. The Balaban J connectivity index is 3.46. The molecule has 0 aliphatic heterocycles. The Morgan fingerprint density at radius 3 is 2.00 bits per heavy atom. The fraction of sp³-hybridized carbons (Fsp3) is 0. The first-order chi connectivity index (χ1) is 4.41. The molecule has 0 unspecified atom stereocenters. The highest BCUT2D eigenvalue weighted by atomic mass is 13.6. The minimum absolute atomic E-state index is 1.48. The minimum atomic E-state index is 1.48. The highest BCUT2D eigenvalue weighted by Crippen LogP contribution is 1.78. The molecule has 0 aliphatic carbocycles. The fourth-order valence-electron chi connectivity index (χ4n) is 0.335. The van der Waals surface area contributed by atoms with Crippen molar-refractivity contribution in [2.24, 2.45) is 0 Å². The molecule has 0 atom stereocenters. The van der Waals surface area contributed by atoms with Crippen LogP contribution in [0.2, 0.25) is 0 Å². The first kappa shape index (κ1) is 7.96. The van der Waals surface area contributed by atoms with Crippen molar-refractivity contribution < 1.29 is 0 Å². The summed E-state index contributed by atoms with van der Waals surface area (Å²) < 4.78 is 0.